The lowest BCUT2D eigenvalue weighted by atomic mass is 9.83. The van der Waals surface area contributed by atoms with Gasteiger partial charge in [-0.2, -0.15) is 0 Å². The highest BCUT2D eigenvalue weighted by atomic mass is 79.9. The average molecular weight is 608 g/mol. The van der Waals surface area contributed by atoms with Gasteiger partial charge in [0, 0.05) is 34.1 Å². The molecule has 1 aromatic heterocycles. The maximum absolute atomic E-state index is 14.6. The topological polar surface area (TPSA) is 68.7 Å². The van der Waals surface area contributed by atoms with Gasteiger partial charge in [0.15, 0.2) is 0 Å². The van der Waals surface area contributed by atoms with Crippen LogP contribution in [0.2, 0.25) is 0 Å². The molecule has 0 N–H and O–H groups in total. The van der Waals surface area contributed by atoms with Crippen molar-refractivity contribution in [3.8, 4) is 0 Å². The fourth-order valence-corrected chi connectivity index (χ4v) is 7.24. The predicted molar refractivity (Wildman–Crippen MR) is 156 cm³/mol. The van der Waals surface area contributed by atoms with E-state index in [9.17, 15) is 9.59 Å². The minimum Gasteiger partial charge on any atom is -0.464 e. The van der Waals surface area contributed by atoms with Gasteiger partial charge in [0.1, 0.15) is 10.5 Å². The molecule has 1 aromatic carbocycles. The summed E-state index contributed by atoms with van der Waals surface area (Å²) in [5, 5.41) is 2.74. The second-order valence-electron chi connectivity index (χ2n) is 12.2. The normalized spacial score (nSPS) is 21.9. The lowest BCUT2D eigenvalue weighted by molar-refractivity contribution is -0.158. The Morgan fingerprint density at radius 2 is 1.92 bits per heavy atom. The van der Waals surface area contributed by atoms with Crippen LogP contribution in [0.4, 0.5) is 0 Å². The molecule has 3 rings (SSSR count). The number of carbonyl (C=O) groups is 2. The molecule has 1 fully saturated rings. The number of rotatable bonds is 10. The van der Waals surface area contributed by atoms with E-state index in [1.165, 1.54) is 11.3 Å². The van der Waals surface area contributed by atoms with Gasteiger partial charge in [-0.1, -0.05) is 70.5 Å². The summed E-state index contributed by atoms with van der Waals surface area (Å²) in [6.45, 7) is 17.9. The Bertz CT molecular complexity index is 1100. The summed E-state index contributed by atoms with van der Waals surface area (Å²) in [6, 6.07) is 5.38. The molecule has 0 bridgehead atoms. The Kier molecular flexibility index (Phi) is 10.2. The number of nitrogens with zero attached hydrogens (tertiary/aromatic N) is 2. The summed E-state index contributed by atoms with van der Waals surface area (Å²) in [4.78, 5) is 35.1. The van der Waals surface area contributed by atoms with E-state index in [1.54, 1.807) is 11.1 Å². The number of esters is 1. The standard InChI is InChI=1S/C30H43BrN2O4S/c1-9-36-18-22-16-30(15-19(2)3,28(35)37-17-20(4)5)33(25(22)26-32-12-13-38-26)27(34)21-10-11-23(24(31)14-21)29(6,7)8/h10-14,19-20,22,25H,9,15-18H2,1-8H3. The molecule has 38 heavy (non-hydrogen) atoms. The lowest BCUT2D eigenvalue weighted by Crippen LogP contribution is -2.55. The Hall–Kier alpha value is -1.77. The number of halogens is 1. The van der Waals surface area contributed by atoms with E-state index in [2.05, 4.69) is 55.5 Å². The molecule has 2 aromatic rings. The summed E-state index contributed by atoms with van der Waals surface area (Å²) < 4.78 is 12.7. The summed E-state index contributed by atoms with van der Waals surface area (Å²) in [5.41, 5.74) is 0.453. The predicted octanol–water partition coefficient (Wildman–Crippen LogP) is 7.43. The number of ether oxygens (including phenoxy) is 2. The van der Waals surface area contributed by atoms with Crippen LogP contribution < -0.4 is 0 Å². The molecule has 0 spiro atoms. The molecule has 3 atom stereocenters. The maximum atomic E-state index is 14.6. The molecule has 6 nitrogen and oxygen atoms in total. The zero-order valence-corrected chi connectivity index (χ0v) is 26.4. The highest BCUT2D eigenvalue weighted by Crippen LogP contribution is 2.51. The molecular formula is C30H43BrN2O4S. The van der Waals surface area contributed by atoms with E-state index in [0.29, 0.717) is 38.2 Å². The van der Waals surface area contributed by atoms with Gasteiger partial charge in [-0.05, 0) is 54.7 Å². The Morgan fingerprint density at radius 1 is 1.21 bits per heavy atom. The van der Waals surface area contributed by atoms with Gasteiger partial charge in [0.25, 0.3) is 5.91 Å². The fourth-order valence-electron chi connectivity index (χ4n) is 5.45. The number of benzene rings is 1. The highest BCUT2D eigenvalue weighted by molar-refractivity contribution is 9.10. The maximum Gasteiger partial charge on any atom is 0.332 e. The smallest absolute Gasteiger partial charge is 0.332 e. The first-order chi connectivity index (χ1) is 17.8. The third kappa shape index (κ3) is 6.68. The largest absolute Gasteiger partial charge is 0.464 e. The van der Waals surface area contributed by atoms with E-state index >= 15 is 0 Å². The molecule has 1 aliphatic rings. The molecule has 8 heteroatoms. The minimum atomic E-state index is -1.12. The van der Waals surface area contributed by atoms with Gasteiger partial charge >= 0.3 is 5.97 Å². The summed E-state index contributed by atoms with van der Waals surface area (Å²) in [6.07, 6.45) is 2.73. The van der Waals surface area contributed by atoms with Crippen LogP contribution in [0.1, 0.15) is 95.2 Å². The van der Waals surface area contributed by atoms with Crippen LogP contribution in [0, 0.1) is 17.8 Å². The lowest BCUT2D eigenvalue weighted by Gasteiger charge is -2.40. The first kappa shape index (κ1) is 30.8. The number of aromatic nitrogens is 1. The Balaban J connectivity index is 2.20. The second kappa shape index (κ2) is 12.6. The summed E-state index contributed by atoms with van der Waals surface area (Å²) in [5.74, 6) is -0.260. The molecule has 1 saturated heterocycles. The third-order valence-corrected chi connectivity index (χ3v) is 8.44. The van der Waals surface area contributed by atoms with Crippen LogP contribution in [0.3, 0.4) is 0 Å². The number of hydrogen-bond acceptors (Lipinski definition) is 6. The molecule has 3 unspecified atom stereocenters. The Morgan fingerprint density at radius 3 is 2.45 bits per heavy atom. The van der Waals surface area contributed by atoms with Crippen molar-refractivity contribution in [3.63, 3.8) is 0 Å². The molecule has 0 radical (unpaired) electrons. The molecule has 1 amide bonds. The molecular weight excluding hydrogens is 564 g/mol. The SMILES string of the molecule is CCOCC1CC(CC(C)C)(C(=O)OCC(C)C)N(C(=O)c2ccc(C(C)(C)C)c(Br)c2)C1c1nccs1. The van der Waals surface area contributed by atoms with Crippen molar-refractivity contribution in [3.05, 3.63) is 50.4 Å². The van der Waals surface area contributed by atoms with E-state index in [0.717, 1.165) is 15.0 Å². The van der Waals surface area contributed by atoms with Gasteiger partial charge < -0.3 is 14.4 Å². The van der Waals surface area contributed by atoms with Crippen LogP contribution in [0.5, 0.6) is 0 Å². The van der Waals surface area contributed by atoms with Gasteiger partial charge in [0.2, 0.25) is 0 Å². The van der Waals surface area contributed by atoms with Gasteiger partial charge in [-0.3, -0.25) is 4.79 Å². The van der Waals surface area contributed by atoms with Gasteiger partial charge in [-0.15, -0.1) is 11.3 Å². The van der Waals surface area contributed by atoms with Crippen LogP contribution in [-0.4, -0.2) is 47.1 Å². The molecule has 1 aliphatic heterocycles. The zero-order chi connectivity index (χ0) is 28.3. The average Bonchev–Trinajstić information content (AvgIpc) is 3.46. The molecule has 0 saturated carbocycles. The van der Waals surface area contributed by atoms with Gasteiger partial charge in [0.05, 0.1) is 19.3 Å². The number of amides is 1. The molecule has 2 heterocycles. The molecule has 0 aliphatic carbocycles. The third-order valence-electron chi connectivity index (χ3n) is 6.94. The number of likely N-dealkylation sites (tertiary alicyclic amines) is 1. The van der Waals surface area contributed by atoms with Crippen molar-refractivity contribution in [1.29, 1.82) is 0 Å². The quantitative estimate of drug-likeness (QED) is 0.263. The van der Waals surface area contributed by atoms with Crippen LogP contribution in [0.25, 0.3) is 0 Å². The van der Waals surface area contributed by atoms with Crippen LogP contribution in [-0.2, 0) is 19.7 Å². The highest BCUT2D eigenvalue weighted by Gasteiger charge is 2.60. The summed E-state index contributed by atoms with van der Waals surface area (Å²) >= 11 is 5.22. The fraction of sp³-hybridized carbons (Fsp3) is 0.633. The minimum absolute atomic E-state index is 0.0812. The van der Waals surface area contributed by atoms with Crippen molar-refractivity contribution in [1.82, 2.24) is 9.88 Å². The van der Waals surface area contributed by atoms with E-state index < -0.39 is 5.54 Å². The summed E-state index contributed by atoms with van der Waals surface area (Å²) in [7, 11) is 0. The van der Waals surface area contributed by atoms with Crippen LogP contribution >= 0.6 is 27.3 Å². The van der Waals surface area contributed by atoms with Crippen molar-refractivity contribution in [2.45, 2.75) is 85.2 Å². The first-order valence-electron chi connectivity index (χ1n) is 13.6. The number of thiazole rings is 1. The number of carbonyl (C=O) groups excluding carboxylic acids is 2. The van der Waals surface area contributed by atoms with Crippen molar-refractivity contribution >= 4 is 39.1 Å². The zero-order valence-electron chi connectivity index (χ0n) is 24.0. The monoisotopic (exact) mass is 606 g/mol. The van der Waals surface area contributed by atoms with Crippen molar-refractivity contribution in [2.75, 3.05) is 19.8 Å². The van der Waals surface area contributed by atoms with Crippen molar-refractivity contribution < 1.29 is 19.1 Å². The van der Waals surface area contributed by atoms with Gasteiger partial charge in [-0.25, -0.2) is 9.78 Å². The second-order valence-corrected chi connectivity index (χ2v) is 14.0. The number of hydrogen-bond donors (Lipinski definition) is 0. The Labute approximate surface area is 240 Å². The van der Waals surface area contributed by atoms with E-state index in [1.807, 2.05) is 44.4 Å². The first-order valence-corrected chi connectivity index (χ1v) is 15.3. The van der Waals surface area contributed by atoms with Crippen molar-refractivity contribution in [2.24, 2.45) is 17.8 Å². The van der Waals surface area contributed by atoms with E-state index in [4.69, 9.17) is 9.47 Å². The van der Waals surface area contributed by atoms with Crippen LogP contribution in [0.15, 0.2) is 34.2 Å². The van der Waals surface area contributed by atoms with E-state index in [-0.39, 0.29) is 41.1 Å². The molecule has 210 valence electrons.